The van der Waals surface area contributed by atoms with Crippen molar-refractivity contribution >= 4 is 22.6 Å². The molecule has 0 spiro atoms. The summed E-state index contributed by atoms with van der Waals surface area (Å²) in [7, 11) is 0. The zero-order chi connectivity index (χ0) is 14.5. The second kappa shape index (κ2) is 5.96. The molecule has 2 aromatic rings. The van der Waals surface area contributed by atoms with Gasteiger partial charge >= 0.3 is 11.9 Å². The number of nitrogens with zero attached hydrogens (tertiary/aromatic N) is 1. The number of esters is 1. The fourth-order valence-electron chi connectivity index (χ4n) is 1.74. The maximum Gasteiger partial charge on any atom is 0.396 e. The van der Waals surface area contributed by atoms with Gasteiger partial charge < -0.3 is 10.1 Å². The quantitative estimate of drug-likeness (QED) is 0.611. The molecule has 0 saturated heterocycles. The number of H-pyrrole nitrogens is 1. The van der Waals surface area contributed by atoms with E-state index in [0.29, 0.717) is 16.5 Å². The molecule has 2 rings (SSSR count). The van der Waals surface area contributed by atoms with E-state index in [2.05, 4.69) is 20.3 Å². The first-order chi connectivity index (χ1) is 9.63. The summed E-state index contributed by atoms with van der Waals surface area (Å²) in [5, 5.41) is 9.72. The maximum absolute atomic E-state index is 11.6. The van der Waals surface area contributed by atoms with Crippen LogP contribution in [0.25, 0.3) is 10.8 Å². The Morgan fingerprint density at radius 2 is 2.00 bits per heavy atom. The maximum atomic E-state index is 11.6. The minimum Gasteiger partial charge on any atom is -0.459 e. The number of carbonyl (C=O) groups is 2. The zero-order valence-corrected chi connectivity index (χ0v) is 10.8. The van der Waals surface area contributed by atoms with E-state index >= 15 is 0 Å². The van der Waals surface area contributed by atoms with Gasteiger partial charge in [0.15, 0.2) is 0 Å². The van der Waals surface area contributed by atoms with E-state index in [1.807, 2.05) is 0 Å². The summed E-state index contributed by atoms with van der Waals surface area (Å²) < 4.78 is 4.57. The van der Waals surface area contributed by atoms with Crippen molar-refractivity contribution in [2.45, 2.75) is 13.5 Å². The van der Waals surface area contributed by atoms with E-state index in [1.54, 1.807) is 31.2 Å². The molecule has 1 aromatic heterocycles. The van der Waals surface area contributed by atoms with Crippen LogP contribution in [-0.2, 0) is 20.9 Å². The molecular weight excluding hydrogens is 262 g/mol. The van der Waals surface area contributed by atoms with E-state index in [9.17, 15) is 14.4 Å². The second-order valence-electron chi connectivity index (χ2n) is 3.95. The van der Waals surface area contributed by atoms with Gasteiger partial charge in [-0.2, -0.15) is 5.10 Å². The number of benzene rings is 1. The zero-order valence-electron chi connectivity index (χ0n) is 10.8. The van der Waals surface area contributed by atoms with E-state index < -0.39 is 11.9 Å². The predicted octanol–water partition coefficient (Wildman–Crippen LogP) is 0.102. The highest BCUT2D eigenvalue weighted by molar-refractivity contribution is 6.32. The third-order valence-corrected chi connectivity index (χ3v) is 2.65. The summed E-state index contributed by atoms with van der Waals surface area (Å²) in [5.74, 6) is -1.79. The van der Waals surface area contributed by atoms with Gasteiger partial charge in [0.25, 0.3) is 5.56 Å². The molecule has 0 aliphatic rings. The molecule has 1 heterocycles. The smallest absolute Gasteiger partial charge is 0.396 e. The Hall–Kier alpha value is -2.70. The van der Waals surface area contributed by atoms with Crippen molar-refractivity contribution in [2.24, 2.45) is 0 Å². The topological polar surface area (TPSA) is 101 Å². The van der Waals surface area contributed by atoms with Gasteiger partial charge in [-0.15, -0.1) is 0 Å². The molecule has 0 atom stereocenters. The average molecular weight is 275 g/mol. The standard InChI is InChI=1S/C13H13N3O4/c1-2-20-13(19)12(18)14-7-10-8-5-3-4-6-9(8)11(17)16-15-10/h3-6H,2,7H2,1H3,(H,14,18)(H,16,17). The Balaban J connectivity index is 2.19. The van der Waals surface area contributed by atoms with Gasteiger partial charge in [-0.05, 0) is 13.0 Å². The van der Waals surface area contributed by atoms with Crippen LogP contribution in [0.3, 0.4) is 0 Å². The van der Waals surface area contributed by atoms with Gasteiger partial charge in [0.2, 0.25) is 0 Å². The number of ether oxygens (including phenoxy) is 1. The molecule has 0 aliphatic heterocycles. The highest BCUT2D eigenvalue weighted by Crippen LogP contribution is 2.11. The largest absolute Gasteiger partial charge is 0.459 e. The summed E-state index contributed by atoms with van der Waals surface area (Å²) in [4.78, 5) is 34.2. The van der Waals surface area contributed by atoms with Crippen LogP contribution in [0.15, 0.2) is 29.1 Å². The Labute approximate surface area is 113 Å². The first-order valence-corrected chi connectivity index (χ1v) is 6.04. The van der Waals surface area contributed by atoms with Crippen molar-refractivity contribution in [3.05, 3.63) is 40.3 Å². The van der Waals surface area contributed by atoms with Crippen LogP contribution >= 0.6 is 0 Å². The highest BCUT2D eigenvalue weighted by atomic mass is 16.5. The number of carbonyl (C=O) groups excluding carboxylic acids is 2. The molecule has 0 radical (unpaired) electrons. The van der Waals surface area contributed by atoms with E-state index in [-0.39, 0.29) is 18.7 Å². The number of nitrogens with one attached hydrogen (secondary N) is 2. The Kier molecular flexibility index (Phi) is 4.09. The summed E-state index contributed by atoms with van der Waals surface area (Å²) in [6, 6.07) is 6.88. The number of hydrogen-bond acceptors (Lipinski definition) is 5. The average Bonchev–Trinajstić information content (AvgIpc) is 2.47. The van der Waals surface area contributed by atoms with Crippen LogP contribution in [0.1, 0.15) is 12.6 Å². The lowest BCUT2D eigenvalue weighted by Crippen LogP contribution is -2.32. The molecule has 7 heteroatoms. The minimum atomic E-state index is -0.943. The number of amides is 1. The van der Waals surface area contributed by atoms with Gasteiger partial charge in [-0.3, -0.25) is 9.59 Å². The number of hydrogen-bond donors (Lipinski definition) is 2. The van der Waals surface area contributed by atoms with Gasteiger partial charge in [-0.1, -0.05) is 18.2 Å². The highest BCUT2D eigenvalue weighted by Gasteiger charge is 2.15. The van der Waals surface area contributed by atoms with Crippen LogP contribution in [0, 0.1) is 0 Å². The van der Waals surface area contributed by atoms with Crippen molar-refractivity contribution in [2.75, 3.05) is 6.61 Å². The van der Waals surface area contributed by atoms with Crippen LogP contribution in [0.2, 0.25) is 0 Å². The first kappa shape index (κ1) is 13.7. The Bertz CT molecular complexity index is 708. The minimum absolute atomic E-state index is 0.0228. The van der Waals surface area contributed by atoms with Gasteiger partial charge in [0.1, 0.15) is 0 Å². The van der Waals surface area contributed by atoms with Gasteiger partial charge in [0.05, 0.1) is 24.2 Å². The number of aromatic amines is 1. The van der Waals surface area contributed by atoms with Crippen molar-refractivity contribution in [3.63, 3.8) is 0 Å². The Morgan fingerprint density at radius 1 is 1.30 bits per heavy atom. The third-order valence-electron chi connectivity index (χ3n) is 2.65. The van der Waals surface area contributed by atoms with E-state index in [1.165, 1.54) is 0 Å². The monoisotopic (exact) mass is 275 g/mol. The van der Waals surface area contributed by atoms with E-state index in [0.717, 1.165) is 0 Å². The molecule has 0 unspecified atom stereocenters. The molecule has 7 nitrogen and oxygen atoms in total. The number of rotatable bonds is 3. The molecule has 1 aromatic carbocycles. The predicted molar refractivity (Wildman–Crippen MR) is 70.8 cm³/mol. The molecule has 20 heavy (non-hydrogen) atoms. The molecule has 0 fully saturated rings. The van der Waals surface area contributed by atoms with Gasteiger partial charge in [0, 0.05) is 5.39 Å². The summed E-state index contributed by atoms with van der Waals surface area (Å²) in [6.07, 6.45) is 0. The van der Waals surface area contributed by atoms with Crippen LogP contribution in [0.4, 0.5) is 0 Å². The van der Waals surface area contributed by atoms with Crippen LogP contribution in [0.5, 0.6) is 0 Å². The fraction of sp³-hybridized carbons (Fsp3) is 0.231. The molecule has 0 saturated carbocycles. The second-order valence-corrected chi connectivity index (χ2v) is 3.95. The third kappa shape index (κ3) is 2.82. The summed E-state index contributed by atoms with van der Waals surface area (Å²) >= 11 is 0. The lowest BCUT2D eigenvalue weighted by atomic mass is 10.1. The molecule has 0 bridgehead atoms. The molecular formula is C13H13N3O4. The SMILES string of the molecule is CCOC(=O)C(=O)NCc1n[nH]c(=O)c2ccccc12. The van der Waals surface area contributed by atoms with Crippen molar-refractivity contribution < 1.29 is 14.3 Å². The normalized spacial score (nSPS) is 10.2. The molecule has 0 aliphatic carbocycles. The summed E-state index contributed by atoms with van der Waals surface area (Å²) in [6.45, 7) is 1.77. The molecule has 2 N–H and O–H groups in total. The lowest BCUT2D eigenvalue weighted by Gasteiger charge is -2.06. The van der Waals surface area contributed by atoms with Gasteiger partial charge in [-0.25, -0.2) is 9.89 Å². The Morgan fingerprint density at radius 3 is 2.70 bits per heavy atom. The van der Waals surface area contributed by atoms with Crippen molar-refractivity contribution in [3.8, 4) is 0 Å². The van der Waals surface area contributed by atoms with Crippen molar-refractivity contribution in [1.29, 1.82) is 0 Å². The lowest BCUT2D eigenvalue weighted by molar-refractivity contribution is -0.154. The van der Waals surface area contributed by atoms with Crippen LogP contribution < -0.4 is 10.9 Å². The van der Waals surface area contributed by atoms with E-state index in [4.69, 9.17) is 0 Å². The summed E-state index contributed by atoms with van der Waals surface area (Å²) in [5.41, 5.74) is 0.166. The first-order valence-electron chi connectivity index (χ1n) is 6.04. The number of aromatic nitrogens is 2. The van der Waals surface area contributed by atoms with Crippen molar-refractivity contribution in [1.82, 2.24) is 15.5 Å². The molecule has 1 amide bonds. The van der Waals surface area contributed by atoms with Crippen LogP contribution in [-0.4, -0.2) is 28.7 Å². The number of fused-ring (bicyclic) bond motifs is 1. The fourth-order valence-corrected chi connectivity index (χ4v) is 1.74. The molecule has 104 valence electrons.